The minimum atomic E-state index is -0.621. The number of aliphatic hydroxyl groups excluding tert-OH is 2. The molecular formula is C9H16O4. The van der Waals surface area contributed by atoms with E-state index in [2.05, 4.69) is 0 Å². The molecule has 1 saturated heterocycles. The Kier molecular flexibility index (Phi) is 2.11. The van der Waals surface area contributed by atoms with Gasteiger partial charge in [0.2, 0.25) is 0 Å². The van der Waals surface area contributed by atoms with Crippen LogP contribution in [0.1, 0.15) is 20.3 Å². The molecule has 2 N–H and O–H groups in total. The molecule has 4 atom stereocenters. The number of aliphatic hydroxyl groups is 2. The van der Waals surface area contributed by atoms with E-state index >= 15 is 0 Å². The maximum absolute atomic E-state index is 9.62. The first-order valence-corrected chi connectivity index (χ1v) is 4.68. The summed E-state index contributed by atoms with van der Waals surface area (Å²) in [6.07, 6.45) is -0.326. The van der Waals surface area contributed by atoms with Crippen LogP contribution in [0.2, 0.25) is 0 Å². The SMILES string of the molecule is CC1(C)O[C@@H]2[C@@H](CO)C[C@H](O)[C@@H]2O1. The smallest absolute Gasteiger partial charge is 0.163 e. The van der Waals surface area contributed by atoms with Crippen molar-refractivity contribution in [3.63, 3.8) is 0 Å². The Morgan fingerprint density at radius 3 is 2.54 bits per heavy atom. The van der Waals surface area contributed by atoms with Gasteiger partial charge in [0.1, 0.15) is 6.10 Å². The van der Waals surface area contributed by atoms with Crippen molar-refractivity contribution in [1.82, 2.24) is 0 Å². The van der Waals surface area contributed by atoms with Crippen molar-refractivity contribution in [3.05, 3.63) is 0 Å². The highest BCUT2D eigenvalue weighted by Crippen LogP contribution is 2.41. The lowest BCUT2D eigenvalue weighted by Crippen LogP contribution is -2.28. The van der Waals surface area contributed by atoms with Crippen molar-refractivity contribution in [2.24, 2.45) is 5.92 Å². The van der Waals surface area contributed by atoms with Gasteiger partial charge in [-0.15, -0.1) is 0 Å². The third kappa shape index (κ3) is 1.48. The predicted molar refractivity (Wildman–Crippen MR) is 45.0 cm³/mol. The summed E-state index contributed by atoms with van der Waals surface area (Å²) in [6.45, 7) is 3.70. The average Bonchev–Trinajstić information content (AvgIpc) is 2.47. The Morgan fingerprint density at radius 1 is 1.31 bits per heavy atom. The lowest BCUT2D eigenvalue weighted by molar-refractivity contribution is -0.167. The molecule has 0 aromatic heterocycles. The highest BCUT2D eigenvalue weighted by Gasteiger charge is 2.53. The van der Waals surface area contributed by atoms with Crippen LogP contribution in [0.3, 0.4) is 0 Å². The average molecular weight is 188 g/mol. The Balaban J connectivity index is 2.12. The summed E-state index contributed by atoms with van der Waals surface area (Å²) in [6, 6.07) is 0. The fourth-order valence-corrected chi connectivity index (χ4v) is 2.24. The van der Waals surface area contributed by atoms with Gasteiger partial charge in [0.25, 0.3) is 0 Å². The van der Waals surface area contributed by atoms with E-state index in [1.54, 1.807) is 0 Å². The zero-order chi connectivity index (χ0) is 9.64. The van der Waals surface area contributed by atoms with Gasteiger partial charge in [-0.1, -0.05) is 0 Å². The summed E-state index contributed by atoms with van der Waals surface area (Å²) >= 11 is 0. The van der Waals surface area contributed by atoms with E-state index < -0.39 is 11.9 Å². The minimum absolute atomic E-state index is 0.0155. The van der Waals surface area contributed by atoms with Gasteiger partial charge in [-0.25, -0.2) is 0 Å². The molecule has 0 bridgehead atoms. The number of hydrogen-bond acceptors (Lipinski definition) is 4. The number of rotatable bonds is 1. The molecule has 2 fully saturated rings. The first-order chi connectivity index (χ1) is 6.03. The van der Waals surface area contributed by atoms with E-state index in [0.29, 0.717) is 6.42 Å². The largest absolute Gasteiger partial charge is 0.396 e. The molecule has 13 heavy (non-hydrogen) atoms. The van der Waals surface area contributed by atoms with Gasteiger partial charge in [0, 0.05) is 12.5 Å². The van der Waals surface area contributed by atoms with Crippen LogP contribution in [-0.4, -0.2) is 40.9 Å². The van der Waals surface area contributed by atoms with Crippen LogP contribution >= 0.6 is 0 Å². The quantitative estimate of drug-likeness (QED) is 0.602. The van der Waals surface area contributed by atoms with Crippen LogP contribution in [0.15, 0.2) is 0 Å². The lowest BCUT2D eigenvalue weighted by Gasteiger charge is -2.21. The van der Waals surface area contributed by atoms with Crippen LogP contribution in [-0.2, 0) is 9.47 Å². The van der Waals surface area contributed by atoms with Gasteiger partial charge >= 0.3 is 0 Å². The van der Waals surface area contributed by atoms with Gasteiger partial charge in [-0.3, -0.25) is 0 Å². The van der Waals surface area contributed by atoms with Crippen molar-refractivity contribution in [2.45, 2.75) is 44.4 Å². The number of ether oxygens (including phenoxy) is 2. The van der Waals surface area contributed by atoms with Crippen molar-refractivity contribution in [1.29, 1.82) is 0 Å². The summed E-state index contributed by atoms with van der Waals surface area (Å²) in [5, 5.41) is 18.7. The number of fused-ring (bicyclic) bond motifs is 1. The van der Waals surface area contributed by atoms with Gasteiger partial charge in [0.05, 0.1) is 12.2 Å². The molecule has 1 saturated carbocycles. The van der Waals surface area contributed by atoms with E-state index in [0.717, 1.165) is 0 Å². The molecule has 0 aromatic carbocycles. The summed E-state index contributed by atoms with van der Waals surface area (Å²) < 4.78 is 11.1. The van der Waals surface area contributed by atoms with E-state index in [-0.39, 0.29) is 24.7 Å². The van der Waals surface area contributed by atoms with Crippen molar-refractivity contribution in [2.75, 3.05) is 6.61 Å². The Bertz CT molecular complexity index is 204. The fourth-order valence-electron chi connectivity index (χ4n) is 2.24. The van der Waals surface area contributed by atoms with E-state index in [9.17, 15) is 5.11 Å². The highest BCUT2D eigenvalue weighted by atomic mass is 16.8. The van der Waals surface area contributed by atoms with E-state index in [1.165, 1.54) is 0 Å². The molecule has 0 aromatic rings. The van der Waals surface area contributed by atoms with Crippen molar-refractivity contribution in [3.8, 4) is 0 Å². The molecular weight excluding hydrogens is 172 g/mol. The topological polar surface area (TPSA) is 58.9 Å². The zero-order valence-electron chi connectivity index (χ0n) is 7.93. The third-order valence-electron chi connectivity index (χ3n) is 2.79. The first kappa shape index (κ1) is 9.40. The molecule has 2 rings (SSSR count). The van der Waals surface area contributed by atoms with Crippen LogP contribution in [0, 0.1) is 5.92 Å². The van der Waals surface area contributed by atoms with E-state index in [1.807, 2.05) is 13.8 Å². The Morgan fingerprint density at radius 2 is 1.92 bits per heavy atom. The second-order valence-corrected chi connectivity index (χ2v) is 4.31. The van der Waals surface area contributed by atoms with Crippen LogP contribution in [0.25, 0.3) is 0 Å². The maximum atomic E-state index is 9.62. The standard InChI is InChI=1S/C9H16O4/c1-9(2)12-7-5(4-10)3-6(11)8(7)13-9/h5-8,10-11H,3-4H2,1-2H3/t5-,6+,7-,8+/m1/s1. The molecule has 0 amide bonds. The Labute approximate surface area is 77.5 Å². The molecule has 76 valence electrons. The summed E-state index contributed by atoms with van der Waals surface area (Å²) in [4.78, 5) is 0. The second kappa shape index (κ2) is 2.92. The molecule has 4 nitrogen and oxygen atoms in total. The molecule has 1 heterocycles. The van der Waals surface area contributed by atoms with Gasteiger partial charge in [0.15, 0.2) is 5.79 Å². The normalized spacial score (nSPS) is 48.0. The summed E-state index contributed by atoms with van der Waals surface area (Å²) in [5.41, 5.74) is 0. The van der Waals surface area contributed by atoms with E-state index in [4.69, 9.17) is 14.6 Å². The molecule has 1 aliphatic carbocycles. The van der Waals surface area contributed by atoms with Crippen molar-refractivity contribution >= 4 is 0 Å². The highest BCUT2D eigenvalue weighted by molar-refractivity contribution is 4.97. The molecule has 4 heteroatoms. The maximum Gasteiger partial charge on any atom is 0.163 e. The Hall–Kier alpha value is -0.160. The molecule has 0 unspecified atom stereocenters. The molecule has 0 spiro atoms. The predicted octanol–water partition coefficient (Wildman–Crippen LogP) is -0.120. The third-order valence-corrected chi connectivity index (χ3v) is 2.79. The minimum Gasteiger partial charge on any atom is -0.396 e. The molecule has 1 aliphatic heterocycles. The summed E-state index contributed by atoms with van der Waals surface area (Å²) in [5.74, 6) is -0.605. The van der Waals surface area contributed by atoms with Gasteiger partial charge < -0.3 is 19.7 Å². The second-order valence-electron chi connectivity index (χ2n) is 4.31. The van der Waals surface area contributed by atoms with Gasteiger partial charge in [-0.2, -0.15) is 0 Å². The lowest BCUT2D eigenvalue weighted by atomic mass is 10.1. The fraction of sp³-hybridized carbons (Fsp3) is 1.00. The first-order valence-electron chi connectivity index (χ1n) is 4.68. The molecule has 2 aliphatic rings. The van der Waals surface area contributed by atoms with Crippen molar-refractivity contribution < 1.29 is 19.7 Å². The van der Waals surface area contributed by atoms with Crippen LogP contribution < -0.4 is 0 Å². The summed E-state index contributed by atoms with van der Waals surface area (Å²) in [7, 11) is 0. The number of hydrogen-bond donors (Lipinski definition) is 2. The zero-order valence-corrected chi connectivity index (χ0v) is 7.93. The van der Waals surface area contributed by atoms with Crippen LogP contribution in [0.5, 0.6) is 0 Å². The molecule has 0 radical (unpaired) electrons. The monoisotopic (exact) mass is 188 g/mol. The van der Waals surface area contributed by atoms with Gasteiger partial charge in [-0.05, 0) is 20.3 Å². The van der Waals surface area contributed by atoms with Crippen LogP contribution in [0.4, 0.5) is 0 Å².